The Balaban J connectivity index is 1.82. The fourth-order valence-electron chi connectivity index (χ4n) is 5.94. The summed E-state index contributed by atoms with van der Waals surface area (Å²) in [6.07, 6.45) is 8.02. The van der Waals surface area contributed by atoms with Crippen LogP contribution in [0.1, 0.15) is 76.0 Å². The van der Waals surface area contributed by atoms with E-state index in [0.29, 0.717) is 0 Å². The first-order chi connectivity index (χ1) is 13.9. The predicted octanol–water partition coefficient (Wildman–Crippen LogP) is 4.32. The Morgan fingerprint density at radius 1 is 1.24 bits per heavy atom. The third-order valence-corrected chi connectivity index (χ3v) is 7.51. The summed E-state index contributed by atoms with van der Waals surface area (Å²) in [5.41, 5.74) is 2.34. The number of aryl methyl sites for hydroxylation is 1. The van der Waals surface area contributed by atoms with E-state index in [1.54, 1.807) is 7.11 Å². The molecule has 158 valence electrons. The molecule has 2 spiro atoms. The Morgan fingerprint density at radius 3 is 2.55 bits per heavy atom. The Bertz CT molecular complexity index is 810. The molecule has 1 saturated heterocycles. The van der Waals surface area contributed by atoms with Crippen molar-refractivity contribution in [2.24, 2.45) is 5.41 Å². The first-order valence-electron chi connectivity index (χ1n) is 11.2. The van der Waals surface area contributed by atoms with Crippen LogP contribution >= 0.6 is 0 Å². The van der Waals surface area contributed by atoms with Crippen molar-refractivity contribution in [3.63, 3.8) is 0 Å². The first kappa shape index (κ1) is 20.4. The third-order valence-electron chi connectivity index (χ3n) is 7.51. The van der Waals surface area contributed by atoms with Crippen molar-refractivity contribution in [3.05, 3.63) is 34.9 Å². The van der Waals surface area contributed by atoms with Crippen LogP contribution in [-0.4, -0.2) is 36.1 Å². The molecule has 4 rings (SSSR count). The van der Waals surface area contributed by atoms with Gasteiger partial charge in [0.15, 0.2) is 5.54 Å². The van der Waals surface area contributed by atoms with Gasteiger partial charge in [0.2, 0.25) is 0 Å². The van der Waals surface area contributed by atoms with Crippen LogP contribution < -0.4 is 5.32 Å². The maximum atomic E-state index is 13.9. The number of nitrogens with zero attached hydrogens (tertiary/aromatic N) is 1. The van der Waals surface area contributed by atoms with Crippen LogP contribution in [0, 0.1) is 5.41 Å². The molecule has 1 saturated carbocycles. The number of amides is 3. The number of methoxy groups -OCH3 is 1. The van der Waals surface area contributed by atoms with E-state index in [1.165, 1.54) is 16.0 Å². The van der Waals surface area contributed by atoms with Gasteiger partial charge in [-0.15, -0.1) is 0 Å². The number of fused-ring (bicyclic) bond motifs is 3. The molecule has 0 bridgehead atoms. The van der Waals surface area contributed by atoms with E-state index >= 15 is 0 Å². The van der Waals surface area contributed by atoms with E-state index in [0.717, 1.165) is 56.9 Å². The average molecular weight is 399 g/mol. The molecule has 0 radical (unpaired) electrons. The molecule has 5 nitrogen and oxygen atoms in total. The lowest BCUT2D eigenvalue weighted by atomic mass is 9.61. The van der Waals surface area contributed by atoms with Crippen LogP contribution in [0.2, 0.25) is 0 Å². The minimum atomic E-state index is -0.926. The SMILES string of the molecule is CCCCc1ccc2c(c1)C1(NC(=O)N(C(C)C)C1=O)C1(CCC(OC)CC1)C2. The molecule has 1 aromatic rings. The van der Waals surface area contributed by atoms with Crippen LogP contribution in [0.4, 0.5) is 4.79 Å². The molecular weight excluding hydrogens is 364 g/mol. The number of ether oxygens (including phenoxy) is 1. The normalized spacial score (nSPS) is 31.2. The standard InChI is InChI=1S/C24H34N2O3/c1-5-6-7-17-8-9-18-15-23(12-10-19(29-4)11-13-23)24(20(18)14-17)21(27)26(16(2)3)22(28)25-24/h8-9,14,16,19H,5-7,10-13,15H2,1-4H3,(H,25,28). The van der Waals surface area contributed by atoms with Crippen molar-refractivity contribution in [1.29, 1.82) is 0 Å². The zero-order chi connectivity index (χ0) is 20.8. The van der Waals surface area contributed by atoms with Crippen molar-refractivity contribution < 1.29 is 14.3 Å². The highest BCUT2D eigenvalue weighted by Crippen LogP contribution is 2.60. The van der Waals surface area contributed by atoms with Crippen molar-refractivity contribution in [3.8, 4) is 0 Å². The molecule has 29 heavy (non-hydrogen) atoms. The van der Waals surface area contributed by atoms with Crippen molar-refractivity contribution in [2.75, 3.05) is 7.11 Å². The van der Waals surface area contributed by atoms with E-state index in [-0.39, 0.29) is 29.5 Å². The van der Waals surface area contributed by atoms with Gasteiger partial charge in [-0.05, 0) is 75.5 Å². The summed E-state index contributed by atoms with van der Waals surface area (Å²) in [4.78, 5) is 28.3. The third kappa shape index (κ3) is 2.92. The topological polar surface area (TPSA) is 58.6 Å². The predicted molar refractivity (Wildman–Crippen MR) is 113 cm³/mol. The smallest absolute Gasteiger partial charge is 0.325 e. The van der Waals surface area contributed by atoms with Gasteiger partial charge in [0.25, 0.3) is 5.91 Å². The number of hydrogen-bond donors (Lipinski definition) is 1. The fourth-order valence-corrected chi connectivity index (χ4v) is 5.94. The number of carbonyl (C=O) groups excluding carboxylic acids is 2. The lowest BCUT2D eigenvalue weighted by Crippen LogP contribution is -2.57. The summed E-state index contributed by atoms with van der Waals surface area (Å²) in [5.74, 6) is -0.0558. The van der Waals surface area contributed by atoms with Gasteiger partial charge in [-0.25, -0.2) is 4.79 Å². The van der Waals surface area contributed by atoms with Crippen LogP contribution in [0.25, 0.3) is 0 Å². The van der Waals surface area contributed by atoms with Gasteiger partial charge < -0.3 is 10.1 Å². The minimum Gasteiger partial charge on any atom is -0.381 e. The molecule has 3 amide bonds. The second kappa shape index (κ2) is 7.42. The molecular formula is C24H34N2O3. The number of benzene rings is 1. The van der Waals surface area contributed by atoms with Crippen LogP contribution in [0.15, 0.2) is 18.2 Å². The van der Waals surface area contributed by atoms with Gasteiger partial charge in [0, 0.05) is 18.6 Å². The second-order valence-corrected chi connectivity index (χ2v) is 9.44. The van der Waals surface area contributed by atoms with E-state index in [1.807, 2.05) is 13.8 Å². The van der Waals surface area contributed by atoms with Gasteiger partial charge >= 0.3 is 6.03 Å². The zero-order valence-corrected chi connectivity index (χ0v) is 18.2. The summed E-state index contributed by atoms with van der Waals surface area (Å²) in [5, 5.41) is 3.24. The molecule has 5 heteroatoms. The molecule has 3 aliphatic rings. The number of urea groups is 1. The van der Waals surface area contributed by atoms with E-state index in [9.17, 15) is 9.59 Å². The highest BCUT2D eigenvalue weighted by atomic mass is 16.5. The number of imide groups is 1. The average Bonchev–Trinajstić information content (AvgIpc) is 3.13. The fraction of sp³-hybridized carbons (Fsp3) is 0.667. The van der Waals surface area contributed by atoms with Gasteiger partial charge in [0.1, 0.15) is 0 Å². The lowest BCUT2D eigenvalue weighted by molar-refractivity contribution is -0.139. The quantitative estimate of drug-likeness (QED) is 0.752. The summed E-state index contributed by atoms with van der Waals surface area (Å²) >= 11 is 0. The first-order valence-corrected chi connectivity index (χ1v) is 11.2. The summed E-state index contributed by atoms with van der Waals surface area (Å²) < 4.78 is 5.61. The maximum absolute atomic E-state index is 13.9. The van der Waals surface area contributed by atoms with Crippen LogP contribution in [0.3, 0.4) is 0 Å². The number of nitrogens with one attached hydrogen (secondary N) is 1. The molecule has 1 atom stereocenters. The molecule has 2 fully saturated rings. The number of hydrogen-bond acceptors (Lipinski definition) is 3. The number of rotatable bonds is 5. The van der Waals surface area contributed by atoms with Gasteiger partial charge in [-0.1, -0.05) is 31.5 Å². The second-order valence-electron chi connectivity index (χ2n) is 9.44. The Labute approximate surface area is 174 Å². The molecule has 0 aromatic heterocycles. The zero-order valence-electron chi connectivity index (χ0n) is 18.2. The van der Waals surface area contributed by atoms with Crippen molar-refractivity contribution >= 4 is 11.9 Å². The Morgan fingerprint density at radius 2 is 1.97 bits per heavy atom. The van der Waals surface area contributed by atoms with Crippen LogP contribution in [0.5, 0.6) is 0 Å². The molecule has 2 aliphatic carbocycles. The van der Waals surface area contributed by atoms with E-state index in [2.05, 4.69) is 30.4 Å². The maximum Gasteiger partial charge on any atom is 0.325 e. The van der Waals surface area contributed by atoms with E-state index in [4.69, 9.17) is 4.74 Å². The molecule has 1 unspecified atom stereocenters. The number of carbonyl (C=O) groups is 2. The summed E-state index contributed by atoms with van der Waals surface area (Å²) in [6.45, 7) is 6.02. The Kier molecular flexibility index (Phi) is 5.22. The largest absolute Gasteiger partial charge is 0.381 e. The highest BCUT2D eigenvalue weighted by Gasteiger charge is 2.68. The molecule has 1 heterocycles. The summed E-state index contributed by atoms with van der Waals surface area (Å²) in [7, 11) is 1.77. The van der Waals surface area contributed by atoms with Gasteiger partial charge in [-0.3, -0.25) is 9.69 Å². The van der Waals surface area contributed by atoms with Gasteiger partial charge in [-0.2, -0.15) is 0 Å². The lowest BCUT2D eigenvalue weighted by Gasteiger charge is -2.46. The summed E-state index contributed by atoms with van der Waals surface area (Å²) in [6, 6.07) is 6.23. The number of unbranched alkanes of at least 4 members (excludes halogenated alkanes) is 1. The van der Waals surface area contributed by atoms with Gasteiger partial charge in [0.05, 0.1) is 6.10 Å². The van der Waals surface area contributed by atoms with Crippen LogP contribution in [-0.2, 0) is 27.9 Å². The monoisotopic (exact) mass is 398 g/mol. The molecule has 1 N–H and O–H groups in total. The van der Waals surface area contributed by atoms with Crippen molar-refractivity contribution in [1.82, 2.24) is 10.2 Å². The van der Waals surface area contributed by atoms with Crippen molar-refractivity contribution in [2.45, 2.75) is 89.8 Å². The van der Waals surface area contributed by atoms with E-state index < -0.39 is 5.54 Å². The highest BCUT2D eigenvalue weighted by molar-refractivity contribution is 6.09. The Hall–Kier alpha value is -1.88. The molecule has 1 aliphatic heterocycles. The molecule has 1 aromatic carbocycles. The minimum absolute atomic E-state index is 0.0558.